The molecule has 2 unspecified atom stereocenters. The van der Waals surface area contributed by atoms with Gasteiger partial charge in [-0.15, -0.1) is 0 Å². The number of methoxy groups -OCH3 is 1. The number of ether oxygens (including phenoxy) is 2. The Labute approximate surface area is 241 Å². The normalized spacial score (nSPS) is 16.8. The van der Waals surface area contributed by atoms with Gasteiger partial charge in [0.25, 0.3) is 0 Å². The van der Waals surface area contributed by atoms with Crippen LogP contribution >= 0.6 is 0 Å². The number of hydrogen-bond donors (Lipinski definition) is 4. The molecule has 0 fully saturated rings. The molecular formula is C32H41N3O6. The van der Waals surface area contributed by atoms with E-state index < -0.39 is 6.10 Å². The monoisotopic (exact) mass is 563 g/mol. The third kappa shape index (κ3) is 7.28. The summed E-state index contributed by atoms with van der Waals surface area (Å²) < 4.78 is 12.0. The zero-order valence-corrected chi connectivity index (χ0v) is 24.1. The molecule has 0 radical (unpaired) electrons. The van der Waals surface area contributed by atoms with Gasteiger partial charge >= 0.3 is 0 Å². The maximum atomic E-state index is 13.5. The third-order valence-electron chi connectivity index (χ3n) is 7.53. The number of fused-ring (bicyclic) bond motifs is 1. The molecule has 9 heteroatoms. The quantitative estimate of drug-likeness (QED) is 0.251. The first kappa shape index (κ1) is 30.1. The smallest absolute Gasteiger partial charge is 0.247 e. The molecule has 220 valence electrons. The number of para-hydroxylation sites is 1. The summed E-state index contributed by atoms with van der Waals surface area (Å²) in [5.41, 5.74) is 4.22. The summed E-state index contributed by atoms with van der Waals surface area (Å²) >= 11 is 0. The van der Waals surface area contributed by atoms with Crippen molar-refractivity contribution < 1.29 is 29.3 Å². The number of nitrogens with zero attached hydrogens (tertiary/aromatic N) is 1. The standard InChI is InChI=1S/C32H41N3O6/c1-4-7-30(38)35(12-10-23-19-34-28-9-6-5-8-27(23)28)25-16-24(32(39)33-11-13-36)17-26(18-25)41-31-21(2)14-22(20-37)15-29(31)40-3/h5-6,8-9,14-15,17,19,25-26,34,36-37H,4,7,10-13,16,18,20H2,1-3H3,(H,33,39). The zero-order chi connectivity index (χ0) is 29.4. The summed E-state index contributed by atoms with van der Waals surface area (Å²) in [6.45, 7) is 4.23. The lowest BCUT2D eigenvalue weighted by Gasteiger charge is -2.37. The number of H-pyrrole nitrogens is 1. The van der Waals surface area contributed by atoms with Crippen LogP contribution in [0.15, 0.2) is 54.2 Å². The fourth-order valence-corrected chi connectivity index (χ4v) is 5.54. The zero-order valence-electron chi connectivity index (χ0n) is 24.1. The van der Waals surface area contributed by atoms with Crippen LogP contribution in [0.4, 0.5) is 0 Å². The predicted octanol–water partition coefficient (Wildman–Crippen LogP) is 3.79. The molecule has 3 aromatic rings. The van der Waals surface area contributed by atoms with Crippen molar-refractivity contribution in [1.82, 2.24) is 15.2 Å². The Morgan fingerprint density at radius 1 is 1.20 bits per heavy atom. The highest BCUT2D eigenvalue weighted by molar-refractivity contribution is 5.94. The van der Waals surface area contributed by atoms with Crippen molar-refractivity contribution in [3.8, 4) is 11.5 Å². The molecule has 0 saturated carbocycles. The molecule has 1 aliphatic carbocycles. The van der Waals surface area contributed by atoms with Crippen molar-refractivity contribution in [2.24, 2.45) is 0 Å². The van der Waals surface area contributed by atoms with Gasteiger partial charge in [-0.05, 0) is 67.2 Å². The lowest BCUT2D eigenvalue weighted by molar-refractivity contribution is -0.134. The minimum atomic E-state index is -0.499. The molecule has 9 nitrogen and oxygen atoms in total. The number of aliphatic hydroxyl groups excluding tert-OH is 2. The van der Waals surface area contributed by atoms with E-state index in [9.17, 15) is 19.8 Å². The number of aromatic nitrogens is 1. The van der Waals surface area contributed by atoms with E-state index in [2.05, 4.69) is 16.4 Å². The van der Waals surface area contributed by atoms with Gasteiger partial charge in [-0.2, -0.15) is 0 Å². The Bertz CT molecular complexity index is 1380. The summed E-state index contributed by atoms with van der Waals surface area (Å²) in [4.78, 5) is 31.8. The average molecular weight is 564 g/mol. The highest BCUT2D eigenvalue weighted by Gasteiger charge is 2.33. The molecular weight excluding hydrogens is 522 g/mol. The molecule has 2 aromatic carbocycles. The van der Waals surface area contributed by atoms with Crippen LogP contribution < -0.4 is 14.8 Å². The summed E-state index contributed by atoms with van der Waals surface area (Å²) in [6.07, 6.45) is 6.02. The molecule has 4 N–H and O–H groups in total. The van der Waals surface area contributed by atoms with Gasteiger partial charge in [0.2, 0.25) is 11.8 Å². The van der Waals surface area contributed by atoms with E-state index in [-0.39, 0.29) is 37.6 Å². The number of amides is 2. The number of aryl methyl sites for hydroxylation is 1. The van der Waals surface area contributed by atoms with Gasteiger partial charge in [-0.1, -0.05) is 25.1 Å². The lowest BCUT2D eigenvalue weighted by atomic mass is 9.90. The van der Waals surface area contributed by atoms with Gasteiger partial charge in [0.15, 0.2) is 11.5 Å². The first-order valence-electron chi connectivity index (χ1n) is 14.3. The molecule has 2 atom stereocenters. The van der Waals surface area contributed by atoms with Gasteiger partial charge < -0.3 is 34.9 Å². The Kier molecular flexibility index (Phi) is 10.4. The largest absolute Gasteiger partial charge is 0.493 e. The van der Waals surface area contributed by atoms with Crippen LogP contribution in [0.2, 0.25) is 0 Å². The Balaban J connectivity index is 1.63. The number of hydrogen-bond acceptors (Lipinski definition) is 6. The second-order valence-electron chi connectivity index (χ2n) is 10.5. The number of aliphatic hydroxyl groups is 2. The minimum Gasteiger partial charge on any atom is -0.493 e. The van der Waals surface area contributed by atoms with Crippen molar-refractivity contribution >= 4 is 22.7 Å². The first-order chi connectivity index (χ1) is 19.9. The van der Waals surface area contributed by atoms with Crippen molar-refractivity contribution in [1.29, 1.82) is 0 Å². The molecule has 2 amide bonds. The number of benzene rings is 2. The minimum absolute atomic E-state index is 0.0502. The van der Waals surface area contributed by atoms with Crippen LogP contribution in [0.1, 0.15) is 49.3 Å². The van der Waals surface area contributed by atoms with Gasteiger partial charge in [-0.3, -0.25) is 9.59 Å². The topological polar surface area (TPSA) is 124 Å². The fraction of sp³-hybridized carbons (Fsp3) is 0.438. The lowest BCUT2D eigenvalue weighted by Crippen LogP contribution is -2.47. The maximum Gasteiger partial charge on any atom is 0.247 e. The highest BCUT2D eigenvalue weighted by atomic mass is 16.5. The van der Waals surface area contributed by atoms with Gasteiger partial charge in [0.1, 0.15) is 6.10 Å². The van der Waals surface area contributed by atoms with Crippen LogP contribution in [-0.4, -0.2) is 70.9 Å². The van der Waals surface area contributed by atoms with E-state index in [1.54, 1.807) is 13.2 Å². The Morgan fingerprint density at radius 3 is 2.73 bits per heavy atom. The van der Waals surface area contributed by atoms with Crippen molar-refractivity contribution in [3.63, 3.8) is 0 Å². The second-order valence-corrected chi connectivity index (χ2v) is 10.5. The van der Waals surface area contributed by atoms with Crippen LogP contribution in [0.5, 0.6) is 11.5 Å². The highest BCUT2D eigenvalue weighted by Crippen LogP contribution is 2.36. The summed E-state index contributed by atoms with van der Waals surface area (Å²) in [6, 6.07) is 11.4. The Hall–Kier alpha value is -3.82. The van der Waals surface area contributed by atoms with E-state index in [1.165, 1.54) is 0 Å². The number of carbonyl (C=O) groups excluding carboxylic acids is 2. The second kappa shape index (κ2) is 14.2. The maximum absolute atomic E-state index is 13.5. The van der Waals surface area contributed by atoms with E-state index >= 15 is 0 Å². The average Bonchev–Trinajstić information content (AvgIpc) is 3.40. The molecule has 1 aliphatic rings. The predicted molar refractivity (Wildman–Crippen MR) is 158 cm³/mol. The van der Waals surface area contributed by atoms with Crippen molar-refractivity contribution in [3.05, 3.63) is 70.9 Å². The molecule has 0 saturated heterocycles. The number of aromatic amines is 1. The molecule has 0 bridgehead atoms. The molecule has 0 aliphatic heterocycles. The summed E-state index contributed by atoms with van der Waals surface area (Å²) in [5, 5.41) is 22.8. The van der Waals surface area contributed by atoms with E-state index in [0.717, 1.165) is 28.5 Å². The number of nitrogens with one attached hydrogen (secondary N) is 2. The van der Waals surface area contributed by atoms with E-state index in [0.29, 0.717) is 54.9 Å². The molecule has 4 rings (SSSR count). The summed E-state index contributed by atoms with van der Waals surface area (Å²) in [5.74, 6) is 0.798. The molecule has 0 spiro atoms. The third-order valence-corrected chi connectivity index (χ3v) is 7.53. The number of carbonyl (C=O) groups is 2. The fourth-order valence-electron chi connectivity index (χ4n) is 5.54. The Morgan fingerprint density at radius 2 is 2.00 bits per heavy atom. The van der Waals surface area contributed by atoms with E-state index in [4.69, 9.17) is 9.47 Å². The van der Waals surface area contributed by atoms with Crippen LogP contribution in [0.3, 0.4) is 0 Å². The SMILES string of the molecule is CCCC(=O)N(CCc1c[nH]c2ccccc12)C1CC(C(=O)NCCO)=CC(Oc2c(C)cc(CO)cc2OC)C1. The van der Waals surface area contributed by atoms with Gasteiger partial charge in [-0.25, -0.2) is 0 Å². The van der Waals surface area contributed by atoms with E-state index in [1.807, 2.05) is 55.3 Å². The first-order valence-corrected chi connectivity index (χ1v) is 14.3. The molecule has 1 aromatic heterocycles. The van der Waals surface area contributed by atoms with Gasteiger partial charge in [0, 0.05) is 54.6 Å². The van der Waals surface area contributed by atoms with Crippen LogP contribution in [0.25, 0.3) is 10.9 Å². The van der Waals surface area contributed by atoms with Crippen LogP contribution in [0, 0.1) is 6.92 Å². The van der Waals surface area contributed by atoms with Crippen molar-refractivity contribution in [2.75, 3.05) is 26.8 Å². The van der Waals surface area contributed by atoms with Gasteiger partial charge in [0.05, 0.1) is 20.3 Å². The molecule has 1 heterocycles. The van der Waals surface area contributed by atoms with Crippen molar-refractivity contribution in [2.45, 2.75) is 64.7 Å². The number of rotatable bonds is 13. The van der Waals surface area contributed by atoms with Crippen LogP contribution in [-0.2, 0) is 22.6 Å². The summed E-state index contributed by atoms with van der Waals surface area (Å²) in [7, 11) is 1.55. The molecule has 41 heavy (non-hydrogen) atoms.